The molecule has 0 saturated carbocycles. The van der Waals surface area contributed by atoms with E-state index in [-0.39, 0.29) is 11.9 Å². The minimum Gasteiger partial charge on any atom is -0.453 e. The molecule has 0 fully saturated rings. The third kappa shape index (κ3) is 5.43. The Morgan fingerprint density at radius 1 is 1.07 bits per heavy atom. The molecule has 0 radical (unpaired) electrons. The summed E-state index contributed by atoms with van der Waals surface area (Å²) in [5, 5.41) is 0. The van der Waals surface area contributed by atoms with Gasteiger partial charge in [-0.05, 0) is 39.1 Å². The largest absolute Gasteiger partial charge is 0.453 e. The third-order valence-electron chi connectivity index (χ3n) is 5.08. The Morgan fingerprint density at radius 2 is 1.70 bits per heavy atom. The summed E-state index contributed by atoms with van der Waals surface area (Å²) in [7, 11) is 4.12. The summed E-state index contributed by atoms with van der Waals surface area (Å²) in [5.41, 5.74) is 3.95. The molecule has 0 aromatic heterocycles. The second kappa shape index (κ2) is 9.18. The molecular weight excluding hydrogens is 334 g/mol. The van der Waals surface area contributed by atoms with E-state index in [1.54, 1.807) is 0 Å². The second-order valence-electron chi connectivity index (χ2n) is 7.92. The van der Waals surface area contributed by atoms with Gasteiger partial charge in [-0.2, -0.15) is 0 Å². The van der Waals surface area contributed by atoms with Crippen LogP contribution in [0.25, 0.3) is 0 Å². The van der Waals surface area contributed by atoms with Crippen LogP contribution in [0.15, 0.2) is 48.5 Å². The molecule has 3 heteroatoms. The quantitative estimate of drug-likeness (QED) is 0.622. The van der Waals surface area contributed by atoms with E-state index in [1.165, 1.54) is 16.7 Å². The van der Waals surface area contributed by atoms with Gasteiger partial charge in [0.2, 0.25) is 0 Å². The summed E-state index contributed by atoms with van der Waals surface area (Å²) < 4.78 is 6.27. The first kappa shape index (κ1) is 21.2. The number of hydrogen-bond donors (Lipinski definition) is 0. The highest BCUT2D eigenvalue weighted by molar-refractivity contribution is 5.70. The molecule has 0 heterocycles. The number of aryl methyl sites for hydroxylation is 2. The molecule has 2 aromatic carbocycles. The molecule has 0 unspecified atom stereocenters. The fraction of sp³-hybridized carbons (Fsp3) is 0.458. The Kier molecular flexibility index (Phi) is 7.20. The standard InChI is InChI=1S/C24H33NO2/c1-7-23(26)27-24(20(4)17-25(5)6,22-13-9-11-19(3)15-22)16-21-12-8-10-18(2)14-21/h8-15,20H,7,16-17H2,1-6H3/t20-,24+/m0/s1. The predicted octanol–water partition coefficient (Wildman–Crippen LogP) is 4.89. The zero-order valence-corrected chi connectivity index (χ0v) is 17.6. The van der Waals surface area contributed by atoms with Gasteiger partial charge in [-0.3, -0.25) is 4.79 Å². The van der Waals surface area contributed by atoms with Gasteiger partial charge < -0.3 is 9.64 Å². The minimum absolute atomic E-state index is 0.130. The first-order chi connectivity index (χ1) is 12.8. The Bertz CT molecular complexity index is 768. The van der Waals surface area contributed by atoms with Gasteiger partial charge in [-0.15, -0.1) is 0 Å². The number of rotatable bonds is 8. The van der Waals surface area contributed by atoms with Crippen LogP contribution in [0.1, 0.15) is 42.5 Å². The van der Waals surface area contributed by atoms with Crippen LogP contribution in [0, 0.1) is 19.8 Å². The molecule has 27 heavy (non-hydrogen) atoms. The average molecular weight is 368 g/mol. The lowest BCUT2D eigenvalue weighted by molar-refractivity contribution is -0.168. The maximum atomic E-state index is 12.5. The van der Waals surface area contributed by atoms with Gasteiger partial charge in [0.1, 0.15) is 5.60 Å². The van der Waals surface area contributed by atoms with Gasteiger partial charge in [0, 0.05) is 25.3 Å². The number of hydrogen-bond acceptors (Lipinski definition) is 3. The Morgan fingerprint density at radius 3 is 2.26 bits per heavy atom. The fourth-order valence-corrected chi connectivity index (χ4v) is 3.76. The Balaban J connectivity index is 2.61. The van der Waals surface area contributed by atoms with Crippen LogP contribution in [0.3, 0.4) is 0 Å². The molecule has 0 aliphatic heterocycles. The van der Waals surface area contributed by atoms with Crippen LogP contribution >= 0.6 is 0 Å². The first-order valence-corrected chi connectivity index (χ1v) is 9.76. The van der Waals surface area contributed by atoms with E-state index in [1.807, 2.05) is 6.92 Å². The molecule has 0 aliphatic rings. The summed E-state index contributed by atoms with van der Waals surface area (Å²) in [6.07, 6.45) is 1.04. The molecular formula is C24H33NO2. The lowest BCUT2D eigenvalue weighted by atomic mass is 9.76. The van der Waals surface area contributed by atoms with Crippen LogP contribution in [0.4, 0.5) is 0 Å². The number of nitrogens with zero attached hydrogens (tertiary/aromatic N) is 1. The monoisotopic (exact) mass is 367 g/mol. The summed E-state index contributed by atoms with van der Waals surface area (Å²) >= 11 is 0. The molecule has 0 spiro atoms. The van der Waals surface area contributed by atoms with Gasteiger partial charge in [-0.25, -0.2) is 0 Å². The average Bonchev–Trinajstić information content (AvgIpc) is 2.60. The highest BCUT2D eigenvalue weighted by Crippen LogP contribution is 2.39. The van der Waals surface area contributed by atoms with Crippen molar-refractivity contribution in [3.63, 3.8) is 0 Å². The van der Waals surface area contributed by atoms with E-state index in [0.717, 1.165) is 12.1 Å². The van der Waals surface area contributed by atoms with E-state index in [4.69, 9.17) is 4.74 Å². The van der Waals surface area contributed by atoms with Crippen molar-refractivity contribution in [2.45, 2.75) is 46.1 Å². The summed E-state index contributed by atoms with van der Waals surface area (Å²) in [6, 6.07) is 16.9. The highest BCUT2D eigenvalue weighted by Gasteiger charge is 2.42. The Hall–Kier alpha value is -2.13. The van der Waals surface area contributed by atoms with E-state index >= 15 is 0 Å². The molecule has 3 nitrogen and oxygen atoms in total. The third-order valence-corrected chi connectivity index (χ3v) is 5.08. The van der Waals surface area contributed by atoms with Crippen molar-refractivity contribution in [2.24, 2.45) is 5.92 Å². The summed E-state index contributed by atoms with van der Waals surface area (Å²) in [6.45, 7) is 9.04. The van der Waals surface area contributed by atoms with Gasteiger partial charge in [-0.1, -0.05) is 73.5 Å². The van der Waals surface area contributed by atoms with Crippen molar-refractivity contribution in [1.29, 1.82) is 0 Å². The second-order valence-corrected chi connectivity index (χ2v) is 7.92. The highest BCUT2D eigenvalue weighted by atomic mass is 16.6. The molecule has 0 amide bonds. The van der Waals surface area contributed by atoms with Gasteiger partial charge in [0.05, 0.1) is 0 Å². The number of ether oxygens (including phenoxy) is 1. The van der Waals surface area contributed by atoms with Crippen molar-refractivity contribution in [3.8, 4) is 0 Å². The number of carbonyl (C=O) groups excluding carboxylic acids is 1. The van der Waals surface area contributed by atoms with Crippen molar-refractivity contribution in [2.75, 3.05) is 20.6 Å². The molecule has 2 rings (SSSR count). The zero-order valence-electron chi connectivity index (χ0n) is 17.6. The number of benzene rings is 2. The first-order valence-electron chi connectivity index (χ1n) is 9.76. The number of carbonyl (C=O) groups is 1. The molecule has 2 aromatic rings. The minimum atomic E-state index is -0.697. The lowest BCUT2D eigenvalue weighted by Gasteiger charge is -2.40. The molecule has 0 bridgehead atoms. The van der Waals surface area contributed by atoms with Crippen LogP contribution in [0.2, 0.25) is 0 Å². The predicted molar refractivity (Wildman–Crippen MR) is 112 cm³/mol. The molecule has 0 aliphatic carbocycles. The molecule has 2 atom stereocenters. The van der Waals surface area contributed by atoms with Gasteiger partial charge in [0.15, 0.2) is 0 Å². The van der Waals surface area contributed by atoms with Gasteiger partial charge in [0.25, 0.3) is 0 Å². The SMILES string of the molecule is CCC(=O)O[C@@](Cc1cccc(C)c1)(c1cccc(C)c1)[C@@H](C)CN(C)C. The fourth-order valence-electron chi connectivity index (χ4n) is 3.76. The van der Waals surface area contributed by atoms with Crippen LogP contribution in [0.5, 0.6) is 0 Å². The van der Waals surface area contributed by atoms with Crippen molar-refractivity contribution in [1.82, 2.24) is 4.90 Å². The maximum absolute atomic E-state index is 12.5. The topological polar surface area (TPSA) is 29.5 Å². The normalized spacial score (nSPS) is 14.6. The summed E-state index contributed by atoms with van der Waals surface area (Å²) in [4.78, 5) is 14.7. The molecule has 0 N–H and O–H groups in total. The van der Waals surface area contributed by atoms with E-state index in [0.29, 0.717) is 12.8 Å². The van der Waals surface area contributed by atoms with Crippen molar-refractivity contribution >= 4 is 5.97 Å². The van der Waals surface area contributed by atoms with E-state index < -0.39 is 5.60 Å². The van der Waals surface area contributed by atoms with Crippen molar-refractivity contribution < 1.29 is 9.53 Å². The zero-order chi connectivity index (χ0) is 20.0. The molecule has 146 valence electrons. The van der Waals surface area contributed by atoms with Crippen LogP contribution in [-0.4, -0.2) is 31.5 Å². The lowest BCUT2D eigenvalue weighted by Crippen LogP contribution is -2.45. The van der Waals surface area contributed by atoms with E-state index in [2.05, 4.69) is 88.3 Å². The molecule has 0 saturated heterocycles. The Labute approximate surface area is 164 Å². The van der Waals surface area contributed by atoms with Crippen LogP contribution < -0.4 is 0 Å². The summed E-state index contributed by atoms with van der Waals surface area (Å²) in [5.74, 6) is -0.0277. The van der Waals surface area contributed by atoms with E-state index in [9.17, 15) is 4.79 Å². The van der Waals surface area contributed by atoms with Crippen molar-refractivity contribution in [3.05, 3.63) is 70.8 Å². The van der Waals surface area contributed by atoms with Gasteiger partial charge >= 0.3 is 5.97 Å². The smallest absolute Gasteiger partial charge is 0.306 e. The maximum Gasteiger partial charge on any atom is 0.306 e. The van der Waals surface area contributed by atoms with Crippen LogP contribution in [-0.2, 0) is 21.6 Å². The number of esters is 1.